The molecule has 0 fully saturated rings. The second-order valence-corrected chi connectivity index (χ2v) is 14.0. The Labute approximate surface area is 300 Å². The van der Waals surface area contributed by atoms with Crippen LogP contribution in [0.3, 0.4) is 0 Å². The van der Waals surface area contributed by atoms with E-state index in [9.17, 15) is 0 Å². The predicted octanol–water partition coefficient (Wildman–Crippen LogP) is 12.0. The van der Waals surface area contributed by atoms with Crippen LogP contribution in [0.2, 0.25) is 0 Å². The summed E-state index contributed by atoms with van der Waals surface area (Å²) in [4.78, 5) is 5.61. The molecule has 0 amide bonds. The van der Waals surface area contributed by atoms with Crippen molar-refractivity contribution >= 4 is 71.4 Å². The quantitative estimate of drug-likeness (QED) is 0.184. The molecule has 1 aliphatic rings. The maximum absolute atomic E-state index is 5.61. The molecule has 0 aliphatic heterocycles. The van der Waals surface area contributed by atoms with Gasteiger partial charge in [-0.25, -0.2) is 4.98 Å². The molecule has 10 aromatic rings. The first-order chi connectivity index (χ1) is 25.8. The van der Waals surface area contributed by atoms with Crippen LogP contribution in [0.25, 0.3) is 88.7 Å². The summed E-state index contributed by atoms with van der Waals surface area (Å²) in [5, 5.41) is 7.41. The summed E-state index contributed by atoms with van der Waals surface area (Å²) in [6.45, 7) is 2.33. The molecule has 0 bridgehead atoms. The predicted molar refractivity (Wildman–Crippen MR) is 217 cm³/mol. The SMILES string of the molecule is CC1C=C(n2c3ccccc3c3c4ccccc4n(-c4cccc(-n5c6ccccc6c6c7ccccc7n(-c7ccccc7)c65)n4)c32)C=CCC1. The Kier molecular flexibility index (Phi) is 6.29. The fourth-order valence-corrected chi connectivity index (χ4v) is 8.76. The van der Waals surface area contributed by atoms with Gasteiger partial charge in [-0.1, -0.05) is 116 Å². The van der Waals surface area contributed by atoms with Crippen LogP contribution in [0.5, 0.6) is 0 Å². The Morgan fingerprint density at radius 1 is 0.481 bits per heavy atom. The van der Waals surface area contributed by atoms with Crippen molar-refractivity contribution in [3.05, 3.63) is 164 Å². The number of fused-ring (bicyclic) bond motifs is 10. The van der Waals surface area contributed by atoms with Gasteiger partial charge in [0.25, 0.3) is 0 Å². The zero-order valence-electron chi connectivity index (χ0n) is 28.8. The molecule has 11 rings (SSSR count). The first-order valence-electron chi connectivity index (χ1n) is 18.2. The largest absolute Gasteiger partial charge is 0.295 e. The number of allylic oxidation sites excluding steroid dienone is 4. The molecule has 5 aromatic carbocycles. The van der Waals surface area contributed by atoms with E-state index >= 15 is 0 Å². The van der Waals surface area contributed by atoms with Crippen molar-refractivity contribution in [3.63, 3.8) is 0 Å². The fourth-order valence-electron chi connectivity index (χ4n) is 8.76. The summed E-state index contributed by atoms with van der Waals surface area (Å²) >= 11 is 0. The van der Waals surface area contributed by atoms with Crippen LogP contribution in [-0.4, -0.2) is 23.3 Å². The Morgan fingerprint density at radius 2 is 0.942 bits per heavy atom. The minimum absolute atomic E-state index is 0.473. The third-order valence-corrected chi connectivity index (χ3v) is 10.9. The van der Waals surface area contributed by atoms with Gasteiger partial charge in [-0.05, 0) is 73.4 Å². The third-order valence-electron chi connectivity index (χ3n) is 10.9. The first kappa shape index (κ1) is 29.2. The van der Waals surface area contributed by atoms with Gasteiger partial charge in [0.2, 0.25) is 0 Å². The number of nitrogens with zero attached hydrogens (tertiary/aromatic N) is 5. The smallest absolute Gasteiger partial charge is 0.141 e. The normalized spacial score (nSPS) is 15.1. The lowest BCUT2D eigenvalue weighted by Gasteiger charge is -2.16. The molecular formula is C47H35N5. The summed E-state index contributed by atoms with van der Waals surface area (Å²) in [5.74, 6) is 2.23. The molecule has 5 aromatic heterocycles. The fraction of sp³-hybridized carbons (Fsp3) is 0.0851. The molecule has 1 aliphatic carbocycles. The average molecular weight is 670 g/mol. The number of benzene rings is 5. The van der Waals surface area contributed by atoms with Gasteiger partial charge in [0, 0.05) is 43.7 Å². The minimum Gasteiger partial charge on any atom is -0.295 e. The monoisotopic (exact) mass is 669 g/mol. The van der Waals surface area contributed by atoms with E-state index in [1.165, 1.54) is 49.0 Å². The van der Waals surface area contributed by atoms with Crippen molar-refractivity contribution in [2.45, 2.75) is 19.8 Å². The Balaban J connectivity index is 1.26. The lowest BCUT2D eigenvalue weighted by atomic mass is 10.1. The van der Waals surface area contributed by atoms with Crippen molar-refractivity contribution in [2.24, 2.45) is 5.92 Å². The molecule has 5 nitrogen and oxygen atoms in total. The van der Waals surface area contributed by atoms with Crippen LogP contribution in [0.15, 0.2) is 164 Å². The molecule has 0 spiro atoms. The summed E-state index contributed by atoms with van der Waals surface area (Å²) in [7, 11) is 0. The highest BCUT2D eigenvalue weighted by atomic mass is 15.2. The number of para-hydroxylation sites is 5. The molecule has 1 atom stereocenters. The van der Waals surface area contributed by atoms with Crippen molar-refractivity contribution < 1.29 is 0 Å². The van der Waals surface area contributed by atoms with Gasteiger partial charge in [-0.15, -0.1) is 0 Å². The summed E-state index contributed by atoms with van der Waals surface area (Å²) < 4.78 is 9.60. The number of pyridine rings is 1. The van der Waals surface area contributed by atoms with E-state index in [2.05, 4.69) is 189 Å². The second kappa shape index (κ2) is 11.2. The second-order valence-electron chi connectivity index (χ2n) is 14.0. The van der Waals surface area contributed by atoms with Gasteiger partial charge in [-0.3, -0.25) is 18.3 Å². The highest BCUT2D eigenvalue weighted by Gasteiger charge is 2.25. The van der Waals surface area contributed by atoms with Crippen LogP contribution in [0.1, 0.15) is 19.8 Å². The molecule has 0 saturated carbocycles. The number of aromatic nitrogens is 5. The summed E-state index contributed by atoms with van der Waals surface area (Å²) in [5.41, 5.74) is 9.23. The van der Waals surface area contributed by atoms with E-state index in [-0.39, 0.29) is 0 Å². The van der Waals surface area contributed by atoms with Crippen molar-refractivity contribution in [2.75, 3.05) is 0 Å². The molecule has 52 heavy (non-hydrogen) atoms. The Morgan fingerprint density at radius 3 is 1.50 bits per heavy atom. The minimum atomic E-state index is 0.473. The zero-order chi connectivity index (χ0) is 34.3. The van der Waals surface area contributed by atoms with E-state index in [4.69, 9.17) is 4.98 Å². The summed E-state index contributed by atoms with van der Waals surface area (Å²) in [6, 6.07) is 52.3. The van der Waals surface area contributed by atoms with Crippen LogP contribution in [-0.2, 0) is 0 Å². The van der Waals surface area contributed by atoms with E-state index < -0.39 is 0 Å². The molecular weight excluding hydrogens is 635 g/mol. The van der Waals surface area contributed by atoms with Gasteiger partial charge in [0.05, 0.1) is 22.1 Å². The number of hydrogen-bond acceptors (Lipinski definition) is 1. The Bertz CT molecular complexity index is 3090. The lowest BCUT2D eigenvalue weighted by Crippen LogP contribution is -2.07. The average Bonchev–Trinajstić information content (AvgIpc) is 3.86. The molecule has 5 heteroatoms. The lowest BCUT2D eigenvalue weighted by molar-refractivity contribution is 0.662. The van der Waals surface area contributed by atoms with Crippen LogP contribution in [0, 0.1) is 5.92 Å². The molecule has 248 valence electrons. The standard InChI is InChI=1S/C47H35N5/c1-31-16-5-6-19-33(30-31)50-39-25-12-8-21-35(39)45-37-23-10-14-27-41(37)52(47(45)50)43-29-15-28-42(48-43)51-40-26-13-9-22-36(40)44-34-20-7-11-24-38(34)49(46(44)51)32-17-3-2-4-18-32/h2-4,6-15,17-31H,5,16H2,1H3. The van der Waals surface area contributed by atoms with Gasteiger partial charge in [0.1, 0.15) is 22.9 Å². The highest BCUT2D eigenvalue weighted by Crippen LogP contribution is 2.43. The number of rotatable bonds is 4. The van der Waals surface area contributed by atoms with Crippen LogP contribution >= 0.6 is 0 Å². The van der Waals surface area contributed by atoms with E-state index in [1.807, 2.05) is 0 Å². The molecule has 0 N–H and O–H groups in total. The van der Waals surface area contributed by atoms with Crippen LogP contribution < -0.4 is 0 Å². The highest BCUT2D eigenvalue weighted by molar-refractivity contribution is 6.24. The zero-order valence-corrected chi connectivity index (χ0v) is 28.8. The summed E-state index contributed by atoms with van der Waals surface area (Å²) in [6.07, 6.45) is 9.30. The van der Waals surface area contributed by atoms with Gasteiger partial charge in [-0.2, -0.15) is 0 Å². The maximum Gasteiger partial charge on any atom is 0.141 e. The Hall–Kier alpha value is -6.59. The van der Waals surface area contributed by atoms with Crippen molar-refractivity contribution in [3.8, 4) is 17.3 Å². The third kappa shape index (κ3) is 4.08. The first-order valence-corrected chi connectivity index (χ1v) is 18.2. The van der Waals surface area contributed by atoms with Crippen molar-refractivity contribution in [1.82, 2.24) is 23.3 Å². The van der Waals surface area contributed by atoms with Gasteiger partial charge >= 0.3 is 0 Å². The van der Waals surface area contributed by atoms with Gasteiger partial charge < -0.3 is 0 Å². The van der Waals surface area contributed by atoms with E-state index in [0.717, 1.165) is 52.5 Å². The van der Waals surface area contributed by atoms with Crippen LogP contribution in [0.4, 0.5) is 0 Å². The van der Waals surface area contributed by atoms with E-state index in [0.29, 0.717) is 5.92 Å². The van der Waals surface area contributed by atoms with Crippen molar-refractivity contribution in [1.29, 1.82) is 0 Å². The molecule has 5 heterocycles. The maximum atomic E-state index is 5.61. The number of hydrogen-bond donors (Lipinski definition) is 0. The molecule has 0 saturated heterocycles. The topological polar surface area (TPSA) is 32.6 Å². The van der Waals surface area contributed by atoms with Gasteiger partial charge in [0.15, 0.2) is 0 Å². The molecule has 0 radical (unpaired) electrons. The van der Waals surface area contributed by atoms with E-state index in [1.54, 1.807) is 0 Å². The molecule has 1 unspecified atom stereocenters.